The second kappa shape index (κ2) is 5.54. The molecule has 0 radical (unpaired) electrons. The third-order valence-corrected chi connectivity index (χ3v) is 2.83. The number of amidine groups is 1. The summed E-state index contributed by atoms with van der Waals surface area (Å²) in [7, 11) is 1.70. The van der Waals surface area contributed by atoms with Gasteiger partial charge in [0, 0.05) is 6.42 Å². The lowest BCUT2D eigenvalue weighted by atomic mass is 10.2. The zero-order valence-corrected chi connectivity index (χ0v) is 9.75. The first-order valence-corrected chi connectivity index (χ1v) is 5.90. The molecule has 1 heterocycles. The van der Waals surface area contributed by atoms with Crippen molar-refractivity contribution < 1.29 is 9.73 Å². The lowest BCUT2D eigenvalue weighted by Crippen LogP contribution is -2.74. The molecule has 0 bridgehead atoms. The molecular formula is C13H19N2O+. The molecule has 0 fully saturated rings. The van der Waals surface area contributed by atoms with E-state index < -0.39 is 0 Å². The summed E-state index contributed by atoms with van der Waals surface area (Å²) < 4.78 is 5.31. The van der Waals surface area contributed by atoms with E-state index in [-0.39, 0.29) is 0 Å². The summed E-state index contributed by atoms with van der Waals surface area (Å²) in [5, 5.41) is 3.42. The molecule has 0 aliphatic carbocycles. The highest BCUT2D eigenvalue weighted by Crippen LogP contribution is 2.23. The molecule has 86 valence electrons. The Morgan fingerprint density at radius 1 is 1.19 bits per heavy atom. The predicted octanol–water partition coefficient (Wildman–Crippen LogP) is 1.16. The lowest BCUT2D eigenvalue weighted by Gasteiger charge is -2.06. The van der Waals surface area contributed by atoms with Crippen LogP contribution in [-0.2, 0) is 0 Å². The van der Waals surface area contributed by atoms with Gasteiger partial charge in [-0.15, -0.1) is 0 Å². The van der Waals surface area contributed by atoms with Crippen molar-refractivity contribution in [3.05, 3.63) is 24.3 Å². The Kier molecular flexibility index (Phi) is 3.81. The molecule has 0 spiro atoms. The van der Waals surface area contributed by atoms with Crippen LogP contribution in [0.4, 0.5) is 5.69 Å². The molecule has 1 aromatic rings. The van der Waals surface area contributed by atoms with Crippen LogP contribution in [0.2, 0.25) is 0 Å². The second-order valence-corrected chi connectivity index (χ2v) is 4.04. The van der Waals surface area contributed by atoms with E-state index in [9.17, 15) is 0 Å². The van der Waals surface area contributed by atoms with E-state index in [0.29, 0.717) is 0 Å². The lowest BCUT2D eigenvalue weighted by molar-refractivity contribution is -0.457. The number of hydrogen-bond donors (Lipinski definition) is 2. The van der Waals surface area contributed by atoms with Gasteiger partial charge in [-0.25, -0.2) is 5.32 Å². The minimum absolute atomic E-state index is 0.890. The van der Waals surface area contributed by atoms with E-state index in [0.717, 1.165) is 24.4 Å². The van der Waals surface area contributed by atoms with Gasteiger partial charge in [0.1, 0.15) is 0 Å². The minimum atomic E-state index is 0.890. The number of anilines is 1. The van der Waals surface area contributed by atoms with Crippen molar-refractivity contribution in [1.29, 1.82) is 0 Å². The van der Waals surface area contributed by atoms with Gasteiger partial charge in [-0.3, -0.25) is 4.99 Å². The summed E-state index contributed by atoms with van der Waals surface area (Å²) >= 11 is 0. The van der Waals surface area contributed by atoms with Gasteiger partial charge in [-0.2, -0.15) is 0 Å². The average molecular weight is 219 g/mol. The minimum Gasteiger partial charge on any atom is -0.492 e. The molecule has 1 aromatic carbocycles. The number of benzene rings is 1. The van der Waals surface area contributed by atoms with E-state index in [2.05, 4.69) is 10.3 Å². The second-order valence-electron chi connectivity index (χ2n) is 4.04. The van der Waals surface area contributed by atoms with Gasteiger partial charge < -0.3 is 4.74 Å². The molecule has 16 heavy (non-hydrogen) atoms. The van der Waals surface area contributed by atoms with Gasteiger partial charge >= 0.3 is 0 Å². The quantitative estimate of drug-likeness (QED) is 0.783. The standard InChI is InChI=1S/C13H18N2O/c1-16-12-8-5-4-7-11(12)15-13-9-3-2-6-10-14-13/h4-5,7-8H,2-3,6,9-10H2,1H3,(H,14,15)/p+1. The molecule has 1 aliphatic heterocycles. The van der Waals surface area contributed by atoms with Crippen molar-refractivity contribution in [3.63, 3.8) is 0 Å². The van der Waals surface area contributed by atoms with Crippen LogP contribution in [0.15, 0.2) is 24.3 Å². The molecule has 1 aliphatic rings. The van der Waals surface area contributed by atoms with Crippen molar-refractivity contribution in [2.75, 3.05) is 19.0 Å². The third kappa shape index (κ3) is 2.75. The van der Waals surface area contributed by atoms with E-state index in [1.54, 1.807) is 7.11 Å². The van der Waals surface area contributed by atoms with Crippen molar-refractivity contribution in [1.82, 2.24) is 0 Å². The maximum atomic E-state index is 5.31. The highest BCUT2D eigenvalue weighted by Gasteiger charge is 2.13. The van der Waals surface area contributed by atoms with E-state index >= 15 is 0 Å². The monoisotopic (exact) mass is 219 g/mol. The Labute approximate surface area is 96.5 Å². The zero-order valence-electron chi connectivity index (χ0n) is 9.75. The molecule has 2 rings (SSSR count). The molecule has 0 saturated heterocycles. The number of para-hydroxylation sites is 2. The fourth-order valence-electron chi connectivity index (χ4n) is 1.95. The molecule has 0 saturated carbocycles. The van der Waals surface area contributed by atoms with Crippen LogP contribution >= 0.6 is 0 Å². The van der Waals surface area contributed by atoms with Crippen molar-refractivity contribution in [2.45, 2.75) is 25.7 Å². The highest BCUT2D eigenvalue weighted by molar-refractivity contribution is 5.92. The van der Waals surface area contributed by atoms with Crippen LogP contribution in [0, 0.1) is 0 Å². The van der Waals surface area contributed by atoms with Gasteiger partial charge in [-0.1, -0.05) is 12.1 Å². The highest BCUT2D eigenvalue weighted by atomic mass is 16.5. The molecule has 3 heteroatoms. The van der Waals surface area contributed by atoms with Gasteiger partial charge in [0.05, 0.1) is 13.7 Å². The van der Waals surface area contributed by atoms with Gasteiger partial charge in [-0.05, 0) is 31.4 Å². The Morgan fingerprint density at radius 3 is 2.94 bits per heavy atom. The first-order valence-electron chi connectivity index (χ1n) is 5.90. The zero-order chi connectivity index (χ0) is 11.2. The van der Waals surface area contributed by atoms with Gasteiger partial charge in [0.15, 0.2) is 11.4 Å². The molecular weight excluding hydrogens is 200 g/mol. The fraction of sp³-hybridized carbons (Fsp3) is 0.462. The number of rotatable bonds is 2. The summed E-state index contributed by atoms with van der Waals surface area (Å²) in [6.45, 7) is 1.07. The Hall–Kier alpha value is -1.51. The fourth-order valence-corrected chi connectivity index (χ4v) is 1.95. The molecule has 0 atom stereocenters. The molecule has 3 nitrogen and oxygen atoms in total. The summed E-state index contributed by atoms with van der Waals surface area (Å²) in [5.74, 6) is 2.10. The average Bonchev–Trinajstić information content (AvgIpc) is 2.58. The van der Waals surface area contributed by atoms with E-state index in [1.807, 2.05) is 24.3 Å². The first-order chi connectivity index (χ1) is 7.90. The van der Waals surface area contributed by atoms with Crippen molar-refractivity contribution in [2.24, 2.45) is 0 Å². The van der Waals surface area contributed by atoms with Crippen molar-refractivity contribution >= 4 is 11.5 Å². The normalized spacial score (nSPS) is 16.2. The van der Waals surface area contributed by atoms with Gasteiger partial charge in [0.25, 0.3) is 0 Å². The molecule has 0 aromatic heterocycles. The number of nitrogens with one attached hydrogen (secondary N) is 2. The van der Waals surface area contributed by atoms with Crippen LogP contribution in [0.3, 0.4) is 0 Å². The smallest absolute Gasteiger partial charge is 0.247 e. The number of methoxy groups -OCH3 is 1. The first kappa shape index (κ1) is 11.0. The van der Waals surface area contributed by atoms with Crippen molar-refractivity contribution in [3.8, 4) is 5.75 Å². The number of ether oxygens (including phenoxy) is 1. The Bertz CT molecular complexity index is 374. The number of hydrogen-bond acceptors (Lipinski definition) is 2. The van der Waals surface area contributed by atoms with E-state index in [1.165, 1.54) is 25.1 Å². The van der Waals surface area contributed by atoms with Crippen LogP contribution in [0.1, 0.15) is 25.7 Å². The maximum Gasteiger partial charge on any atom is 0.247 e. The van der Waals surface area contributed by atoms with Crippen LogP contribution < -0.4 is 15.0 Å². The van der Waals surface area contributed by atoms with Crippen LogP contribution in [0.25, 0.3) is 0 Å². The molecule has 2 N–H and O–H groups in total. The predicted molar refractivity (Wildman–Crippen MR) is 65.9 cm³/mol. The maximum absolute atomic E-state index is 5.31. The van der Waals surface area contributed by atoms with Crippen LogP contribution in [-0.4, -0.2) is 19.5 Å². The van der Waals surface area contributed by atoms with Gasteiger partial charge in [0.2, 0.25) is 5.84 Å². The summed E-state index contributed by atoms with van der Waals surface area (Å²) in [6.07, 6.45) is 4.92. The van der Waals surface area contributed by atoms with E-state index in [4.69, 9.17) is 4.74 Å². The SMILES string of the molecule is COc1ccccc1NC1=[NH+]CCCCC1. The largest absolute Gasteiger partial charge is 0.492 e. The molecule has 0 unspecified atom stereocenters. The topological polar surface area (TPSA) is 35.2 Å². The Morgan fingerprint density at radius 2 is 2.06 bits per heavy atom. The molecule has 0 amide bonds. The third-order valence-electron chi connectivity index (χ3n) is 2.83. The summed E-state index contributed by atoms with van der Waals surface area (Å²) in [6, 6.07) is 8.01. The summed E-state index contributed by atoms with van der Waals surface area (Å²) in [4.78, 5) is 3.43. The van der Waals surface area contributed by atoms with Crippen LogP contribution in [0.5, 0.6) is 5.75 Å². The summed E-state index contributed by atoms with van der Waals surface area (Å²) in [5.41, 5.74) is 1.04. The Balaban J connectivity index is 2.10.